The van der Waals surface area contributed by atoms with Crippen LogP contribution in [0.2, 0.25) is 5.02 Å². The topological polar surface area (TPSA) is 102 Å². The number of hydrogen-bond donors (Lipinski definition) is 1. The number of fused-ring (bicyclic) bond motifs is 1. The van der Waals surface area contributed by atoms with E-state index in [-0.39, 0.29) is 27.7 Å². The SMILES string of the molecule is Cc1cc(C(F)(F)Cl)n2nc(C(=O)Nc3ccc(Cl)cc3[N+](=O)[O-])cc2n1. The second-order valence-corrected chi connectivity index (χ2v) is 6.36. The third-order valence-corrected chi connectivity index (χ3v) is 3.91. The largest absolute Gasteiger partial charge is 0.364 e. The Morgan fingerprint density at radius 3 is 2.67 bits per heavy atom. The number of rotatable bonds is 4. The molecule has 0 radical (unpaired) electrons. The van der Waals surface area contributed by atoms with Crippen LogP contribution in [0.1, 0.15) is 21.9 Å². The number of halogens is 4. The minimum absolute atomic E-state index is 0.0268. The van der Waals surface area contributed by atoms with Gasteiger partial charge in [-0.15, -0.1) is 0 Å². The number of amides is 1. The van der Waals surface area contributed by atoms with Crippen molar-refractivity contribution >= 4 is 46.1 Å². The van der Waals surface area contributed by atoms with Gasteiger partial charge in [0.2, 0.25) is 0 Å². The van der Waals surface area contributed by atoms with Gasteiger partial charge >= 0.3 is 5.38 Å². The summed E-state index contributed by atoms with van der Waals surface area (Å²) in [6.07, 6.45) is 0. The Labute approximate surface area is 159 Å². The zero-order chi connectivity index (χ0) is 19.9. The Hall–Kier alpha value is -2.85. The number of anilines is 1. The van der Waals surface area contributed by atoms with Crippen LogP contribution in [0.3, 0.4) is 0 Å². The van der Waals surface area contributed by atoms with Crippen LogP contribution >= 0.6 is 23.2 Å². The molecule has 0 saturated carbocycles. The summed E-state index contributed by atoms with van der Waals surface area (Å²) in [5.74, 6) is -0.854. The van der Waals surface area contributed by atoms with Crippen LogP contribution in [0.25, 0.3) is 5.65 Å². The molecular formula is C15H9Cl2F2N5O3. The maximum atomic E-state index is 13.6. The molecule has 2 heterocycles. The number of carbonyl (C=O) groups is 1. The zero-order valence-electron chi connectivity index (χ0n) is 13.4. The van der Waals surface area contributed by atoms with E-state index in [1.165, 1.54) is 19.1 Å². The fraction of sp³-hybridized carbons (Fsp3) is 0.133. The number of aromatic nitrogens is 3. The van der Waals surface area contributed by atoms with E-state index in [0.717, 1.165) is 22.7 Å². The van der Waals surface area contributed by atoms with Gasteiger partial charge in [-0.1, -0.05) is 11.6 Å². The van der Waals surface area contributed by atoms with Gasteiger partial charge in [0.25, 0.3) is 11.6 Å². The molecule has 12 heteroatoms. The number of nitro groups is 1. The predicted molar refractivity (Wildman–Crippen MR) is 93.5 cm³/mol. The highest BCUT2D eigenvalue weighted by Gasteiger charge is 2.33. The highest BCUT2D eigenvalue weighted by Crippen LogP contribution is 2.33. The first kappa shape index (κ1) is 18.9. The van der Waals surface area contributed by atoms with E-state index >= 15 is 0 Å². The number of aryl methyl sites for hydroxylation is 1. The number of nitro benzene ring substituents is 1. The van der Waals surface area contributed by atoms with Crippen LogP contribution in [0, 0.1) is 17.0 Å². The highest BCUT2D eigenvalue weighted by atomic mass is 35.5. The molecule has 0 aliphatic carbocycles. The second-order valence-electron chi connectivity index (χ2n) is 5.45. The first-order valence-corrected chi connectivity index (χ1v) is 8.02. The van der Waals surface area contributed by atoms with Gasteiger partial charge < -0.3 is 5.32 Å². The Balaban J connectivity index is 2.02. The van der Waals surface area contributed by atoms with Crippen LogP contribution < -0.4 is 5.32 Å². The monoisotopic (exact) mass is 415 g/mol. The number of nitrogens with one attached hydrogen (secondary N) is 1. The van der Waals surface area contributed by atoms with E-state index in [4.69, 9.17) is 23.2 Å². The number of carbonyl (C=O) groups excluding carboxylic acids is 1. The molecule has 1 amide bonds. The van der Waals surface area contributed by atoms with Gasteiger partial charge in [0.1, 0.15) is 11.4 Å². The molecule has 3 aromatic rings. The Bertz CT molecular complexity index is 1080. The number of alkyl halides is 3. The molecule has 2 aromatic heterocycles. The van der Waals surface area contributed by atoms with Crippen molar-refractivity contribution < 1.29 is 18.5 Å². The molecule has 1 aromatic carbocycles. The van der Waals surface area contributed by atoms with E-state index in [2.05, 4.69) is 15.4 Å². The number of nitrogens with zero attached hydrogens (tertiary/aromatic N) is 4. The Morgan fingerprint density at radius 1 is 1.33 bits per heavy atom. The second kappa shape index (κ2) is 6.71. The number of hydrogen-bond acceptors (Lipinski definition) is 5. The van der Waals surface area contributed by atoms with Gasteiger partial charge in [-0.2, -0.15) is 13.9 Å². The summed E-state index contributed by atoms with van der Waals surface area (Å²) in [5, 5.41) is 13.6. The van der Waals surface area contributed by atoms with Crippen LogP contribution in [0.5, 0.6) is 0 Å². The van der Waals surface area contributed by atoms with E-state index in [1.54, 1.807) is 0 Å². The lowest BCUT2D eigenvalue weighted by Crippen LogP contribution is -2.15. The lowest BCUT2D eigenvalue weighted by Gasteiger charge is -2.10. The average molecular weight is 416 g/mol. The van der Waals surface area contributed by atoms with Crippen molar-refractivity contribution in [3.63, 3.8) is 0 Å². The van der Waals surface area contributed by atoms with E-state index < -0.39 is 27.6 Å². The first-order chi connectivity index (χ1) is 12.6. The lowest BCUT2D eigenvalue weighted by molar-refractivity contribution is -0.383. The van der Waals surface area contributed by atoms with Crippen LogP contribution in [0.4, 0.5) is 20.2 Å². The predicted octanol–water partition coefficient (Wildman–Crippen LogP) is 4.14. The quantitative estimate of drug-likeness (QED) is 0.391. The molecule has 27 heavy (non-hydrogen) atoms. The Kier molecular flexibility index (Phi) is 4.70. The molecule has 0 aliphatic rings. The van der Waals surface area contributed by atoms with Crippen molar-refractivity contribution in [2.24, 2.45) is 0 Å². The third-order valence-electron chi connectivity index (χ3n) is 3.48. The maximum absolute atomic E-state index is 13.6. The lowest BCUT2D eigenvalue weighted by atomic mass is 10.2. The normalized spacial score (nSPS) is 11.6. The molecule has 0 bridgehead atoms. The molecule has 0 spiro atoms. The van der Waals surface area contributed by atoms with Gasteiger partial charge in [0, 0.05) is 22.8 Å². The van der Waals surface area contributed by atoms with E-state index in [9.17, 15) is 23.7 Å². The zero-order valence-corrected chi connectivity index (χ0v) is 14.9. The molecule has 0 atom stereocenters. The Morgan fingerprint density at radius 2 is 2.04 bits per heavy atom. The molecule has 0 aliphatic heterocycles. The van der Waals surface area contributed by atoms with Crippen molar-refractivity contribution in [3.05, 3.63) is 62.6 Å². The minimum atomic E-state index is -3.74. The molecule has 0 fully saturated rings. The van der Waals surface area contributed by atoms with Gasteiger partial charge in [0.15, 0.2) is 11.3 Å². The van der Waals surface area contributed by atoms with Crippen molar-refractivity contribution in [2.45, 2.75) is 12.3 Å². The summed E-state index contributed by atoms with van der Waals surface area (Å²) < 4.78 is 27.9. The van der Waals surface area contributed by atoms with Gasteiger partial charge in [-0.25, -0.2) is 9.50 Å². The minimum Gasteiger partial charge on any atom is -0.315 e. The highest BCUT2D eigenvalue weighted by molar-refractivity contribution is 6.31. The summed E-state index contributed by atoms with van der Waals surface area (Å²) in [6, 6.07) is 5.87. The summed E-state index contributed by atoms with van der Waals surface area (Å²) in [6.45, 7) is 1.48. The van der Waals surface area contributed by atoms with Crippen molar-refractivity contribution in [1.82, 2.24) is 14.6 Å². The van der Waals surface area contributed by atoms with Gasteiger partial charge in [0.05, 0.1) is 4.92 Å². The summed E-state index contributed by atoms with van der Waals surface area (Å²) >= 11 is 10.8. The van der Waals surface area contributed by atoms with Crippen LogP contribution in [0.15, 0.2) is 30.3 Å². The van der Waals surface area contributed by atoms with Crippen molar-refractivity contribution in [3.8, 4) is 0 Å². The van der Waals surface area contributed by atoms with Crippen molar-refractivity contribution in [1.29, 1.82) is 0 Å². The molecule has 8 nitrogen and oxygen atoms in total. The van der Waals surface area contributed by atoms with Crippen molar-refractivity contribution in [2.75, 3.05) is 5.32 Å². The van der Waals surface area contributed by atoms with E-state index in [1.807, 2.05) is 0 Å². The maximum Gasteiger partial charge on any atom is 0.364 e. The smallest absolute Gasteiger partial charge is 0.315 e. The number of benzene rings is 1. The molecule has 0 saturated heterocycles. The van der Waals surface area contributed by atoms with Crippen LogP contribution in [-0.2, 0) is 5.38 Å². The standard InChI is InChI=1S/C15H9Cl2F2N5O3/c1-7-4-12(15(17,18)19)23-13(20-7)6-10(22-23)14(25)21-9-3-2-8(16)5-11(9)24(26)27/h2-6H,1H3,(H,21,25). The first-order valence-electron chi connectivity index (χ1n) is 7.26. The third kappa shape index (κ3) is 3.81. The fourth-order valence-corrected chi connectivity index (χ4v) is 2.66. The average Bonchev–Trinajstić information content (AvgIpc) is 2.98. The summed E-state index contributed by atoms with van der Waals surface area (Å²) in [7, 11) is 0. The molecule has 3 rings (SSSR count). The fourth-order valence-electron chi connectivity index (χ4n) is 2.36. The molecule has 1 N–H and O–H groups in total. The molecular weight excluding hydrogens is 407 g/mol. The summed E-state index contributed by atoms with van der Waals surface area (Å²) in [4.78, 5) is 26.8. The molecule has 0 unspecified atom stereocenters. The van der Waals surface area contributed by atoms with Gasteiger partial charge in [-0.3, -0.25) is 14.9 Å². The van der Waals surface area contributed by atoms with E-state index in [0.29, 0.717) is 0 Å². The van der Waals surface area contributed by atoms with Crippen LogP contribution in [-0.4, -0.2) is 25.4 Å². The molecule has 140 valence electrons. The summed E-state index contributed by atoms with van der Waals surface area (Å²) in [5.41, 5.74) is -1.28. The van der Waals surface area contributed by atoms with Gasteiger partial charge in [-0.05, 0) is 36.7 Å².